The Hall–Kier alpha value is -1.65. The minimum Gasteiger partial charge on any atom is -0.354 e. The van der Waals surface area contributed by atoms with Crippen LogP contribution in [0.2, 0.25) is 0 Å². The minimum atomic E-state index is 0.327. The summed E-state index contributed by atoms with van der Waals surface area (Å²) in [5.74, 6) is 1.60. The van der Waals surface area contributed by atoms with Gasteiger partial charge in [0, 0.05) is 44.5 Å². The van der Waals surface area contributed by atoms with Crippen molar-refractivity contribution >= 4 is 11.7 Å². The van der Waals surface area contributed by atoms with E-state index in [0.29, 0.717) is 11.8 Å². The van der Waals surface area contributed by atoms with Crippen molar-refractivity contribution in [1.29, 1.82) is 0 Å². The van der Waals surface area contributed by atoms with E-state index in [9.17, 15) is 4.79 Å². The molecular formula is C13H18N4O. The third kappa shape index (κ3) is 2.44. The maximum absolute atomic E-state index is 12.0. The molecular weight excluding hydrogens is 228 g/mol. The molecule has 0 unspecified atom stereocenters. The van der Waals surface area contributed by atoms with Crippen LogP contribution in [0, 0.1) is 5.92 Å². The number of rotatable bonds is 2. The Bertz CT molecular complexity index is 418. The normalized spacial score (nSPS) is 20.7. The summed E-state index contributed by atoms with van der Waals surface area (Å²) >= 11 is 0. The third-order valence-electron chi connectivity index (χ3n) is 3.61. The van der Waals surface area contributed by atoms with Crippen LogP contribution in [-0.4, -0.2) is 47.0 Å². The van der Waals surface area contributed by atoms with Gasteiger partial charge in [-0.25, -0.2) is 4.98 Å². The molecule has 0 aromatic carbocycles. The van der Waals surface area contributed by atoms with Crippen molar-refractivity contribution in [2.75, 3.05) is 31.1 Å². The van der Waals surface area contributed by atoms with Crippen LogP contribution in [0.1, 0.15) is 19.3 Å². The van der Waals surface area contributed by atoms with Crippen molar-refractivity contribution in [2.45, 2.75) is 19.3 Å². The molecule has 1 aromatic rings. The van der Waals surface area contributed by atoms with E-state index in [-0.39, 0.29) is 0 Å². The topological polar surface area (TPSA) is 49.3 Å². The first-order chi connectivity index (χ1) is 8.84. The summed E-state index contributed by atoms with van der Waals surface area (Å²) in [6.07, 6.45) is 8.37. The summed E-state index contributed by atoms with van der Waals surface area (Å²) in [6.45, 7) is 3.50. The average molecular weight is 246 g/mol. The number of carbonyl (C=O) groups is 1. The second kappa shape index (κ2) is 4.92. The molecule has 3 rings (SSSR count). The fourth-order valence-corrected chi connectivity index (χ4v) is 2.41. The van der Waals surface area contributed by atoms with Gasteiger partial charge < -0.3 is 9.80 Å². The Morgan fingerprint density at radius 1 is 1.17 bits per heavy atom. The molecule has 1 amide bonds. The van der Waals surface area contributed by atoms with E-state index in [2.05, 4.69) is 14.9 Å². The van der Waals surface area contributed by atoms with Crippen molar-refractivity contribution in [2.24, 2.45) is 5.92 Å². The van der Waals surface area contributed by atoms with Crippen molar-refractivity contribution in [3.05, 3.63) is 18.6 Å². The predicted octanol–water partition coefficient (Wildman–Crippen LogP) is 0.925. The van der Waals surface area contributed by atoms with E-state index in [1.165, 1.54) is 0 Å². The number of nitrogens with zero attached hydrogens (tertiary/aromatic N) is 4. The monoisotopic (exact) mass is 246 g/mol. The molecule has 0 radical (unpaired) electrons. The van der Waals surface area contributed by atoms with Crippen LogP contribution in [0.3, 0.4) is 0 Å². The first kappa shape index (κ1) is 11.4. The second-order valence-corrected chi connectivity index (χ2v) is 5.00. The fourth-order valence-electron chi connectivity index (χ4n) is 2.41. The quantitative estimate of drug-likeness (QED) is 0.779. The lowest BCUT2D eigenvalue weighted by molar-refractivity contribution is -0.132. The Labute approximate surface area is 107 Å². The maximum atomic E-state index is 12.0. The molecule has 2 fully saturated rings. The molecule has 1 aliphatic heterocycles. The fraction of sp³-hybridized carbons (Fsp3) is 0.615. The molecule has 96 valence electrons. The van der Waals surface area contributed by atoms with Gasteiger partial charge in [0.25, 0.3) is 0 Å². The van der Waals surface area contributed by atoms with Crippen LogP contribution in [0.15, 0.2) is 18.6 Å². The molecule has 0 N–H and O–H groups in total. The van der Waals surface area contributed by atoms with Crippen molar-refractivity contribution < 1.29 is 4.79 Å². The van der Waals surface area contributed by atoms with Crippen LogP contribution in [0.4, 0.5) is 5.82 Å². The average Bonchev–Trinajstić information content (AvgIpc) is 3.25. The van der Waals surface area contributed by atoms with Crippen LogP contribution < -0.4 is 4.90 Å². The molecule has 1 aliphatic carbocycles. The molecule has 2 heterocycles. The van der Waals surface area contributed by atoms with Crippen LogP contribution in [0.5, 0.6) is 0 Å². The Kier molecular flexibility index (Phi) is 3.13. The molecule has 2 aliphatic rings. The van der Waals surface area contributed by atoms with Crippen LogP contribution in [-0.2, 0) is 4.79 Å². The SMILES string of the molecule is O=C(C1CC1)N1CCCN(c2cnccn2)CC1. The van der Waals surface area contributed by atoms with E-state index < -0.39 is 0 Å². The highest BCUT2D eigenvalue weighted by Gasteiger charge is 2.33. The van der Waals surface area contributed by atoms with Gasteiger partial charge >= 0.3 is 0 Å². The van der Waals surface area contributed by atoms with E-state index in [1.807, 2.05) is 4.90 Å². The Morgan fingerprint density at radius 3 is 2.78 bits per heavy atom. The molecule has 18 heavy (non-hydrogen) atoms. The maximum Gasteiger partial charge on any atom is 0.225 e. The lowest BCUT2D eigenvalue weighted by Gasteiger charge is -2.22. The van der Waals surface area contributed by atoms with Gasteiger partial charge in [-0.05, 0) is 19.3 Å². The van der Waals surface area contributed by atoms with Crippen molar-refractivity contribution in [3.8, 4) is 0 Å². The molecule has 0 spiro atoms. The molecule has 5 heteroatoms. The van der Waals surface area contributed by atoms with Gasteiger partial charge in [0.05, 0.1) is 6.20 Å². The lowest BCUT2D eigenvalue weighted by atomic mass is 10.3. The minimum absolute atomic E-state index is 0.327. The van der Waals surface area contributed by atoms with Gasteiger partial charge in [-0.1, -0.05) is 0 Å². The summed E-state index contributed by atoms with van der Waals surface area (Å²) in [5.41, 5.74) is 0. The lowest BCUT2D eigenvalue weighted by Crippen LogP contribution is -2.36. The number of aromatic nitrogens is 2. The third-order valence-corrected chi connectivity index (χ3v) is 3.61. The summed E-state index contributed by atoms with van der Waals surface area (Å²) in [4.78, 5) is 24.7. The number of hydrogen-bond donors (Lipinski definition) is 0. The summed E-state index contributed by atoms with van der Waals surface area (Å²) in [5, 5.41) is 0. The largest absolute Gasteiger partial charge is 0.354 e. The number of hydrogen-bond acceptors (Lipinski definition) is 4. The second-order valence-electron chi connectivity index (χ2n) is 5.00. The van der Waals surface area contributed by atoms with E-state index in [1.54, 1.807) is 18.6 Å². The molecule has 0 bridgehead atoms. The van der Waals surface area contributed by atoms with E-state index in [4.69, 9.17) is 0 Å². The zero-order chi connectivity index (χ0) is 12.4. The van der Waals surface area contributed by atoms with Crippen LogP contribution >= 0.6 is 0 Å². The van der Waals surface area contributed by atoms with Crippen molar-refractivity contribution in [3.63, 3.8) is 0 Å². The summed E-state index contributed by atoms with van der Waals surface area (Å²) in [6, 6.07) is 0. The standard InChI is InChI=1S/C13H18N4O/c18-13(11-2-3-11)17-7-1-6-16(8-9-17)12-10-14-4-5-15-12/h4-5,10-11H,1-3,6-9H2. The first-order valence-corrected chi connectivity index (χ1v) is 6.64. The number of amides is 1. The van der Waals surface area contributed by atoms with Gasteiger partial charge in [0.1, 0.15) is 5.82 Å². The Balaban J connectivity index is 1.63. The molecule has 5 nitrogen and oxygen atoms in total. The van der Waals surface area contributed by atoms with Crippen molar-refractivity contribution in [1.82, 2.24) is 14.9 Å². The molecule has 1 saturated carbocycles. The smallest absolute Gasteiger partial charge is 0.225 e. The zero-order valence-corrected chi connectivity index (χ0v) is 10.5. The molecule has 1 aromatic heterocycles. The van der Waals surface area contributed by atoms with E-state index >= 15 is 0 Å². The first-order valence-electron chi connectivity index (χ1n) is 6.64. The predicted molar refractivity (Wildman–Crippen MR) is 68.2 cm³/mol. The summed E-state index contributed by atoms with van der Waals surface area (Å²) in [7, 11) is 0. The molecule has 0 atom stereocenters. The number of carbonyl (C=O) groups excluding carboxylic acids is 1. The van der Waals surface area contributed by atoms with Gasteiger partial charge in [-0.3, -0.25) is 9.78 Å². The van der Waals surface area contributed by atoms with E-state index in [0.717, 1.165) is 51.3 Å². The number of anilines is 1. The van der Waals surface area contributed by atoms with Gasteiger partial charge in [0.2, 0.25) is 5.91 Å². The Morgan fingerprint density at radius 2 is 2.06 bits per heavy atom. The zero-order valence-electron chi connectivity index (χ0n) is 10.5. The van der Waals surface area contributed by atoms with Gasteiger partial charge in [0.15, 0.2) is 0 Å². The highest BCUT2D eigenvalue weighted by Crippen LogP contribution is 2.31. The van der Waals surface area contributed by atoms with Gasteiger partial charge in [-0.15, -0.1) is 0 Å². The highest BCUT2D eigenvalue weighted by atomic mass is 16.2. The summed E-state index contributed by atoms with van der Waals surface area (Å²) < 4.78 is 0. The van der Waals surface area contributed by atoms with Gasteiger partial charge in [-0.2, -0.15) is 0 Å². The molecule has 1 saturated heterocycles. The highest BCUT2D eigenvalue weighted by molar-refractivity contribution is 5.81. The van der Waals surface area contributed by atoms with Crippen LogP contribution in [0.25, 0.3) is 0 Å².